The van der Waals surface area contributed by atoms with Crippen LogP contribution in [0.3, 0.4) is 0 Å². The van der Waals surface area contributed by atoms with Gasteiger partial charge in [-0.1, -0.05) is 0 Å². The van der Waals surface area contributed by atoms with Crippen molar-refractivity contribution in [3.05, 3.63) is 0 Å². The summed E-state index contributed by atoms with van der Waals surface area (Å²) in [5.74, 6) is 0.0364. The lowest BCUT2D eigenvalue weighted by molar-refractivity contribution is -0.120. The number of amides is 1. The highest BCUT2D eigenvalue weighted by atomic mass is 16.5. The SMILES string of the molecule is COCCNCC(=O)NCCN1CCOCC1. The Morgan fingerprint density at radius 3 is 2.82 bits per heavy atom. The first-order valence-electron chi connectivity index (χ1n) is 6.09. The molecule has 1 aliphatic heterocycles. The van der Waals surface area contributed by atoms with E-state index in [0.717, 1.165) is 32.8 Å². The average Bonchev–Trinajstić information content (AvgIpc) is 2.36. The molecule has 0 aromatic heterocycles. The summed E-state index contributed by atoms with van der Waals surface area (Å²) in [5.41, 5.74) is 0. The Kier molecular flexibility index (Phi) is 7.91. The molecule has 1 saturated heterocycles. The Balaban J connectivity index is 1.92. The minimum atomic E-state index is 0.0364. The van der Waals surface area contributed by atoms with Gasteiger partial charge >= 0.3 is 0 Å². The van der Waals surface area contributed by atoms with Gasteiger partial charge in [0.1, 0.15) is 0 Å². The normalized spacial score (nSPS) is 17.0. The largest absolute Gasteiger partial charge is 0.383 e. The summed E-state index contributed by atoms with van der Waals surface area (Å²) in [6, 6.07) is 0. The van der Waals surface area contributed by atoms with Crippen molar-refractivity contribution >= 4 is 5.91 Å². The predicted octanol–water partition coefficient (Wildman–Crippen LogP) is -1.33. The fraction of sp³-hybridized carbons (Fsp3) is 0.909. The zero-order valence-electron chi connectivity index (χ0n) is 10.5. The monoisotopic (exact) mass is 245 g/mol. The standard InChI is InChI=1S/C11H23N3O3/c1-16-7-3-12-10-11(15)13-2-4-14-5-8-17-9-6-14/h12H,2-10H2,1H3,(H,13,15). The van der Waals surface area contributed by atoms with E-state index in [1.807, 2.05) is 0 Å². The van der Waals surface area contributed by atoms with Crippen LogP contribution < -0.4 is 10.6 Å². The van der Waals surface area contributed by atoms with Gasteiger partial charge in [-0.25, -0.2) is 0 Å². The molecule has 17 heavy (non-hydrogen) atoms. The number of methoxy groups -OCH3 is 1. The van der Waals surface area contributed by atoms with E-state index < -0.39 is 0 Å². The fourth-order valence-electron chi connectivity index (χ4n) is 1.62. The molecule has 0 radical (unpaired) electrons. The predicted molar refractivity (Wildman–Crippen MR) is 65.0 cm³/mol. The van der Waals surface area contributed by atoms with Crippen LogP contribution >= 0.6 is 0 Å². The third-order valence-corrected chi connectivity index (χ3v) is 2.62. The van der Waals surface area contributed by atoms with Crippen molar-refractivity contribution in [1.29, 1.82) is 0 Å². The Bertz CT molecular complexity index is 208. The Morgan fingerprint density at radius 1 is 1.35 bits per heavy atom. The Morgan fingerprint density at radius 2 is 2.12 bits per heavy atom. The first kappa shape index (κ1) is 14.4. The van der Waals surface area contributed by atoms with Gasteiger partial charge in [-0.2, -0.15) is 0 Å². The van der Waals surface area contributed by atoms with Gasteiger partial charge in [0.25, 0.3) is 0 Å². The number of nitrogens with zero attached hydrogens (tertiary/aromatic N) is 1. The van der Waals surface area contributed by atoms with Crippen molar-refractivity contribution in [3.8, 4) is 0 Å². The minimum absolute atomic E-state index is 0.0364. The van der Waals surface area contributed by atoms with Crippen molar-refractivity contribution in [2.45, 2.75) is 0 Å². The van der Waals surface area contributed by atoms with Crippen molar-refractivity contribution in [2.24, 2.45) is 0 Å². The van der Waals surface area contributed by atoms with Gasteiger partial charge in [-0.3, -0.25) is 9.69 Å². The Hall–Kier alpha value is -0.690. The Labute approximate surface area is 103 Å². The zero-order valence-corrected chi connectivity index (χ0v) is 10.5. The van der Waals surface area contributed by atoms with Crippen LogP contribution in [-0.4, -0.2) is 77.0 Å². The molecule has 1 heterocycles. The van der Waals surface area contributed by atoms with E-state index in [-0.39, 0.29) is 5.91 Å². The first-order chi connectivity index (χ1) is 8.33. The summed E-state index contributed by atoms with van der Waals surface area (Å²) in [5, 5.41) is 5.89. The highest BCUT2D eigenvalue weighted by Gasteiger charge is 2.09. The molecule has 0 unspecified atom stereocenters. The van der Waals surface area contributed by atoms with E-state index in [1.165, 1.54) is 0 Å². The summed E-state index contributed by atoms with van der Waals surface area (Å²) in [6.07, 6.45) is 0. The number of nitrogens with one attached hydrogen (secondary N) is 2. The van der Waals surface area contributed by atoms with Gasteiger partial charge in [0, 0.05) is 39.8 Å². The maximum Gasteiger partial charge on any atom is 0.234 e. The van der Waals surface area contributed by atoms with E-state index in [1.54, 1.807) is 7.11 Å². The maximum absolute atomic E-state index is 11.4. The third-order valence-electron chi connectivity index (χ3n) is 2.62. The number of hydrogen-bond donors (Lipinski definition) is 2. The van der Waals surface area contributed by atoms with Gasteiger partial charge in [0.05, 0.1) is 26.4 Å². The van der Waals surface area contributed by atoms with E-state index in [9.17, 15) is 4.79 Å². The molecule has 1 rings (SSSR count). The average molecular weight is 245 g/mol. The molecule has 1 aliphatic rings. The molecular formula is C11H23N3O3. The van der Waals surface area contributed by atoms with E-state index in [2.05, 4.69) is 15.5 Å². The van der Waals surface area contributed by atoms with Crippen molar-refractivity contribution < 1.29 is 14.3 Å². The van der Waals surface area contributed by atoms with Crippen LogP contribution in [0, 0.1) is 0 Å². The van der Waals surface area contributed by atoms with Crippen LogP contribution in [0.15, 0.2) is 0 Å². The van der Waals surface area contributed by atoms with Crippen molar-refractivity contribution in [2.75, 3.05) is 66.2 Å². The molecule has 100 valence electrons. The number of ether oxygens (including phenoxy) is 2. The first-order valence-corrected chi connectivity index (χ1v) is 6.09. The van der Waals surface area contributed by atoms with E-state index in [0.29, 0.717) is 26.2 Å². The van der Waals surface area contributed by atoms with Crippen LogP contribution in [0.1, 0.15) is 0 Å². The molecule has 0 atom stereocenters. The van der Waals surface area contributed by atoms with Gasteiger partial charge in [-0.05, 0) is 0 Å². The topological polar surface area (TPSA) is 62.8 Å². The van der Waals surface area contributed by atoms with Gasteiger partial charge < -0.3 is 20.1 Å². The molecule has 0 aromatic carbocycles. The lowest BCUT2D eigenvalue weighted by Crippen LogP contribution is -2.43. The molecule has 0 aromatic rings. The highest BCUT2D eigenvalue weighted by Crippen LogP contribution is 1.94. The smallest absolute Gasteiger partial charge is 0.234 e. The number of rotatable bonds is 8. The number of carbonyl (C=O) groups is 1. The summed E-state index contributed by atoms with van der Waals surface area (Å²) < 4.78 is 10.1. The van der Waals surface area contributed by atoms with Gasteiger partial charge in [0.2, 0.25) is 5.91 Å². The summed E-state index contributed by atoms with van der Waals surface area (Å²) in [4.78, 5) is 13.7. The molecule has 6 nitrogen and oxygen atoms in total. The number of hydrogen-bond acceptors (Lipinski definition) is 5. The number of morpholine rings is 1. The second kappa shape index (κ2) is 9.35. The molecule has 1 amide bonds. The van der Waals surface area contributed by atoms with Crippen LogP contribution in [0.2, 0.25) is 0 Å². The fourth-order valence-corrected chi connectivity index (χ4v) is 1.62. The molecule has 1 fully saturated rings. The highest BCUT2D eigenvalue weighted by molar-refractivity contribution is 5.77. The third kappa shape index (κ3) is 7.27. The van der Waals surface area contributed by atoms with Crippen LogP contribution in [0.4, 0.5) is 0 Å². The molecule has 6 heteroatoms. The van der Waals surface area contributed by atoms with Gasteiger partial charge in [0.15, 0.2) is 0 Å². The second-order valence-corrected chi connectivity index (χ2v) is 3.97. The lowest BCUT2D eigenvalue weighted by atomic mass is 10.4. The van der Waals surface area contributed by atoms with E-state index >= 15 is 0 Å². The summed E-state index contributed by atoms with van der Waals surface area (Å²) in [6.45, 7) is 6.79. The van der Waals surface area contributed by atoms with Crippen LogP contribution in [0.25, 0.3) is 0 Å². The van der Waals surface area contributed by atoms with Crippen molar-refractivity contribution in [3.63, 3.8) is 0 Å². The number of carbonyl (C=O) groups excluding carboxylic acids is 1. The summed E-state index contributed by atoms with van der Waals surface area (Å²) >= 11 is 0. The molecule has 0 aliphatic carbocycles. The lowest BCUT2D eigenvalue weighted by Gasteiger charge is -2.26. The van der Waals surface area contributed by atoms with Gasteiger partial charge in [-0.15, -0.1) is 0 Å². The zero-order chi connectivity index (χ0) is 12.3. The van der Waals surface area contributed by atoms with Crippen LogP contribution in [0.5, 0.6) is 0 Å². The molecular weight excluding hydrogens is 222 g/mol. The summed E-state index contributed by atoms with van der Waals surface area (Å²) in [7, 11) is 1.64. The molecule has 0 spiro atoms. The quantitative estimate of drug-likeness (QED) is 0.519. The molecule has 2 N–H and O–H groups in total. The molecule has 0 saturated carbocycles. The second-order valence-electron chi connectivity index (χ2n) is 3.97. The maximum atomic E-state index is 11.4. The van der Waals surface area contributed by atoms with E-state index in [4.69, 9.17) is 9.47 Å². The molecule has 0 bridgehead atoms. The minimum Gasteiger partial charge on any atom is -0.383 e. The van der Waals surface area contributed by atoms with Crippen LogP contribution in [-0.2, 0) is 14.3 Å². The van der Waals surface area contributed by atoms with Crippen molar-refractivity contribution in [1.82, 2.24) is 15.5 Å².